The summed E-state index contributed by atoms with van der Waals surface area (Å²) < 4.78 is 5.11. The number of carbonyl (C=O) groups is 1. The maximum Gasteiger partial charge on any atom is 0.407 e. The standard InChI is InChI=1S/C12H18N2O2/c1-9-6-5-7-10(14-9)8-13-11(15)16-12(2,3)4/h5-7H,8H2,1-4H3,(H,13,15). The normalized spacial score (nSPS) is 11.0. The van der Waals surface area contributed by atoms with Gasteiger partial charge >= 0.3 is 6.09 Å². The van der Waals surface area contributed by atoms with E-state index < -0.39 is 11.7 Å². The summed E-state index contributed by atoms with van der Waals surface area (Å²) in [6.07, 6.45) is -0.421. The minimum Gasteiger partial charge on any atom is -0.444 e. The van der Waals surface area contributed by atoms with E-state index in [4.69, 9.17) is 4.74 Å². The van der Waals surface area contributed by atoms with Crippen LogP contribution in [-0.2, 0) is 11.3 Å². The smallest absolute Gasteiger partial charge is 0.407 e. The van der Waals surface area contributed by atoms with Crippen molar-refractivity contribution in [2.24, 2.45) is 0 Å². The number of nitrogens with zero attached hydrogens (tertiary/aromatic N) is 1. The first-order valence-electron chi connectivity index (χ1n) is 5.26. The van der Waals surface area contributed by atoms with Gasteiger partial charge in [0, 0.05) is 5.69 Å². The number of pyridine rings is 1. The van der Waals surface area contributed by atoms with Crippen LogP contribution in [-0.4, -0.2) is 16.7 Å². The van der Waals surface area contributed by atoms with Crippen LogP contribution < -0.4 is 5.32 Å². The Kier molecular flexibility index (Phi) is 3.88. The molecular weight excluding hydrogens is 204 g/mol. The lowest BCUT2D eigenvalue weighted by Gasteiger charge is -2.19. The van der Waals surface area contributed by atoms with E-state index in [-0.39, 0.29) is 0 Å². The summed E-state index contributed by atoms with van der Waals surface area (Å²) in [4.78, 5) is 15.6. The van der Waals surface area contributed by atoms with Gasteiger partial charge in [-0.3, -0.25) is 4.98 Å². The van der Waals surface area contributed by atoms with E-state index in [0.29, 0.717) is 6.54 Å². The molecule has 0 atom stereocenters. The topological polar surface area (TPSA) is 51.2 Å². The molecule has 1 N–H and O–H groups in total. The lowest BCUT2D eigenvalue weighted by atomic mass is 10.2. The molecule has 0 radical (unpaired) electrons. The van der Waals surface area contributed by atoms with Gasteiger partial charge in [0.2, 0.25) is 0 Å². The first-order valence-corrected chi connectivity index (χ1v) is 5.26. The second-order valence-electron chi connectivity index (χ2n) is 4.63. The fraction of sp³-hybridized carbons (Fsp3) is 0.500. The summed E-state index contributed by atoms with van der Waals surface area (Å²) in [6.45, 7) is 7.79. The largest absolute Gasteiger partial charge is 0.444 e. The van der Waals surface area contributed by atoms with Gasteiger partial charge in [-0.2, -0.15) is 0 Å². The number of hydrogen-bond donors (Lipinski definition) is 1. The van der Waals surface area contributed by atoms with Crippen LogP contribution in [0.25, 0.3) is 0 Å². The number of aryl methyl sites for hydroxylation is 1. The van der Waals surface area contributed by atoms with Crippen LogP contribution in [0.3, 0.4) is 0 Å². The minimum atomic E-state index is -0.468. The Balaban J connectivity index is 2.43. The minimum absolute atomic E-state index is 0.386. The van der Waals surface area contributed by atoms with Crippen molar-refractivity contribution < 1.29 is 9.53 Å². The van der Waals surface area contributed by atoms with Crippen LogP contribution in [0.1, 0.15) is 32.2 Å². The zero-order valence-corrected chi connectivity index (χ0v) is 10.2. The first kappa shape index (κ1) is 12.5. The fourth-order valence-corrected chi connectivity index (χ4v) is 1.17. The fourth-order valence-electron chi connectivity index (χ4n) is 1.17. The molecule has 0 saturated carbocycles. The maximum absolute atomic E-state index is 11.4. The number of carbonyl (C=O) groups excluding carboxylic acids is 1. The van der Waals surface area contributed by atoms with Crippen molar-refractivity contribution in [2.75, 3.05) is 0 Å². The molecular formula is C12H18N2O2. The average molecular weight is 222 g/mol. The third-order valence-corrected chi connectivity index (χ3v) is 1.76. The quantitative estimate of drug-likeness (QED) is 0.836. The van der Waals surface area contributed by atoms with Gasteiger partial charge in [-0.25, -0.2) is 4.79 Å². The lowest BCUT2D eigenvalue weighted by Crippen LogP contribution is -2.32. The van der Waals surface area contributed by atoms with Crippen LogP contribution in [0.4, 0.5) is 4.79 Å². The molecule has 1 rings (SSSR count). The molecule has 1 heterocycles. The third kappa shape index (κ3) is 4.77. The summed E-state index contributed by atoms with van der Waals surface area (Å²) in [5.41, 5.74) is 1.29. The third-order valence-electron chi connectivity index (χ3n) is 1.76. The summed E-state index contributed by atoms with van der Waals surface area (Å²) in [6, 6.07) is 5.69. The number of ether oxygens (including phenoxy) is 1. The summed E-state index contributed by atoms with van der Waals surface area (Å²) in [5.74, 6) is 0. The van der Waals surface area contributed by atoms with Gasteiger partial charge in [0.1, 0.15) is 5.60 Å². The van der Waals surface area contributed by atoms with E-state index in [1.165, 1.54) is 0 Å². The van der Waals surface area contributed by atoms with Crippen molar-refractivity contribution >= 4 is 6.09 Å². The molecule has 1 aromatic rings. The molecule has 0 aliphatic heterocycles. The Morgan fingerprint density at radius 2 is 2.12 bits per heavy atom. The van der Waals surface area contributed by atoms with Gasteiger partial charge in [-0.05, 0) is 39.8 Å². The van der Waals surface area contributed by atoms with Crippen molar-refractivity contribution in [3.8, 4) is 0 Å². The highest BCUT2D eigenvalue weighted by atomic mass is 16.6. The Bertz CT molecular complexity index is 370. The highest BCUT2D eigenvalue weighted by Crippen LogP contribution is 2.06. The van der Waals surface area contributed by atoms with Gasteiger partial charge in [-0.1, -0.05) is 6.07 Å². The number of alkyl carbamates (subject to hydrolysis) is 1. The van der Waals surface area contributed by atoms with Crippen molar-refractivity contribution in [3.63, 3.8) is 0 Å². The van der Waals surface area contributed by atoms with E-state index in [1.807, 2.05) is 45.9 Å². The average Bonchev–Trinajstić information content (AvgIpc) is 2.12. The highest BCUT2D eigenvalue weighted by Gasteiger charge is 2.15. The molecule has 4 nitrogen and oxygen atoms in total. The summed E-state index contributed by atoms with van der Waals surface area (Å²) in [7, 11) is 0. The molecule has 0 aliphatic carbocycles. The lowest BCUT2D eigenvalue weighted by molar-refractivity contribution is 0.0523. The highest BCUT2D eigenvalue weighted by molar-refractivity contribution is 5.67. The van der Waals surface area contributed by atoms with Gasteiger partial charge in [0.25, 0.3) is 0 Å². The second-order valence-corrected chi connectivity index (χ2v) is 4.63. The SMILES string of the molecule is Cc1cccc(CNC(=O)OC(C)(C)C)n1. The predicted octanol–water partition coefficient (Wildman–Crippen LogP) is 2.41. The van der Waals surface area contributed by atoms with Crippen LogP contribution in [0.5, 0.6) is 0 Å². The van der Waals surface area contributed by atoms with Crippen LogP contribution in [0.2, 0.25) is 0 Å². The molecule has 0 spiro atoms. The molecule has 88 valence electrons. The number of nitrogens with one attached hydrogen (secondary N) is 1. The van der Waals surface area contributed by atoms with Crippen molar-refractivity contribution in [1.82, 2.24) is 10.3 Å². The van der Waals surface area contributed by atoms with Crippen LogP contribution >= 0.6 is 0 Å². The molecule has 1 amide bonds. The molecule has 4 heteroatoms. The Hall–Kier alpha value is -1.58. The molecule has 1 aromatic heterocycles. The Morgan fingerprint density at radius 3 is 2.69 bits per heavy atom. The van der Waals surface area contributed by atoms with Crippen molar-refractivity contribution in [2.45, 2.75) is 39.8 Å². The van der Waals surface area contributed by atoms with E-state index in [1.54, 1.807) is 0 Å². The Morgan fingerprint density at radius 1 is 1.44 bits per heavy atom. The molecule has 0 aliphatic rings. The molecule has 0 aromatic carbocycles. The number of aromatic nitrogens is 1. The van der Waals surface area contributed by atoms with E-state index in [0.717, 1.165) is 11.4 Å². The number of hydrogen-bond acceptors (Lipinski definition) is 3. The van der Waals surface area contributed by atoms with Crippen molar-refractivity contribution in [1.29, 1.82) is 0 Å². The Labute approximate surface area is 96.0 Å². The summed E-state index contributed by atoms with van der Waals surface area (Å²) >= 11 is 0. The van der Waals surface area contributed by atoms with Gasteiger partial charge < -0.3 is 10.1 Å². The zero-order chi connectivity index (χ0) is 12.2. The van der Waals surface area contributed by atoms with E-state index in [9.17, 15) is 4.79 Å². The number of rotatable bonds is 2. The molecule has 0 saturated heterocycles. The monoisotopic (exact) mass is 222 g/mol. The summed E-state index contributed by atoms with van der Waals surface area (Å²) in [5, 5.41) is 2.66. The maximum atomic E-state index is 11.4. The molecule has 0 unspecified atom stereocenters. The molecule has 0 fully saturated rings. The van der Waals surface area contributed by atoms with Gasteiger partial charge in [-0.15, -0.1) is 0 Å². The van der Waals surface area contributed by atoms with Crippen LogP contribution in [0, 0.1) is 6.92 Å². The van der Waals surface area contributed by atoms with E-state index in [2.05, 4.69) is 10.3 Å². The van der Waals surface area contributed by atoms with E-state index >= 15 is 0 Å². The van der Waals surface area contributed by atoms with Crippen molar-refractivity contribution in [3.05, 3.63) is 29.6 Å². The number of amides is 1. The zero-order valence-electron chi connectivity index (χ0n) is 10.2. The second kappa shape index (κ2) is 4.96. The van der Waals surface area contributed by atoms with Gasteiger partial charge in [0.15, 0.2) is 0 Å². The molecule has 0 bridgehead atoms. The first-order chi connectivity index (χ1) is 7.37. The predicted molar refractivity (Wildman–Crippen MR) is 62.0 cm³/mol. The van der Waals surface area contributed by atoms with Gasteiger partial charge in [0.05, 0.1) is 12.2 Å². The van der Waals surface area contributed by atoms with Crippen LogP contribution in [0.15, 0.2) is 18.2 Å². The molecule has 16 heavy (non-hydrogen) atoms.